The molecule has 1 aromatic heterocycles. The summed E-state index contributed by atoms with van der Waals surface area (Å²) in [5.41, 5.74) is 0.337. The maximum atomic E-state index is 12.6. The van der Waals surface area contributed by atoms with Crippen LogP contribution in [-0.4, -0.2) is 24.6 Å². The number of fused-ring (bicyclic) bond motifs is 1. The van der Waals surface area contributed by atoms with E-state index in [0.29, 0.717) is 16.5 Å². The third-order valence-electron chi connectivity index (χ3n) is 4.34. The van der Waals surface area contributed by atoms with Gasteiger partial charge in [0.2, 0.25) is 0 Å². The smallest absolute Gasteiger partial charge is 0.345 e. The number of rotatable bonds is 7. The van der Waals surface area contributed by atoms with Crippen molar-refractivity contribution < 1.29 is 28.3 Å². The van der Waals surface area contributed by atoms with E-state index in [4.69, 9.17) is 18.6 Å². The molecule has 0 aliphatic heterocycles. The fraction of sp³-hybridized carbons (Fsp3) is 0.238. The highest BCUT2D eigenvalue weighted by Crippen LogP contribution is 2.35. The van der Waals surface area contributed by atoms with Crippen LogP contribution in [0.3, 0.4) is 0 Å². The number of nitrogens with zero attached hydrogens (tertiary/aromatic N) is 1. The van der Waals surface area contributed by atoms with Crippen molar-refractivity contribution in [2.45, 2.75) is 20.5 Å². The summed E-state index contributed by atoms with van der Waals surface area (Å²) in [6, 6.07) is 8.82. The number of esters is 1. The Morgan fingerprint density at radius 1 is 1.17 bits per heavy atom. The zero-order chi connectivity index (χ0) is 21.8. The number of nitro groups is 1. The highest BCUT2D eigenvalue weighted by atomic mass is 16.6. The Balaban J connectivity index is 1.95. The molecular formula is C21H19NO8. The van der Waals surface area contributed by atoms with Crippen molar-refractivity contribution in [3.8, 4) is 11.5 Å². The van der Waals surface area contributed by atoms with Crippen LogP contribution in [-0.2, 0) is 11.3 Å². The monoisotopic (exact) mass is 413 g/mol. The van der Waals surface area contributed by atoms with Gasteiger partial charge in [0.1, 0.15) is 17.8 Å². The molecule has 0 radical (unpaired) electrons. The van der Waals surface area contributed by atoms with Crippen LogP contribution in [0.15, 0.2) is 45.6 Å². The molecule has 2 aromatic carbocycles. The van der Waals surface area contributed by atoms with E-state index >= 15 is 0 Å². The molecule has 0 fully saturated rings. The van der Waals surface area contributed by atoms with Crippen LogP contribution in [0.25, 0.3) is 11.0 Å². The molecule has 0 aliphatic carbocycles. The van der Waals surface area contributed by atoms with Crippen LogP contribution in [0.1, 0.15) is 28.4 Å². The molecule has 0 aliphatic rings. The van der Waals surface area contributed by atoms with Crippen molar-refractivity contribution >= 4 is 22.6 Å². The summed E-state index contributed by atoms with van der Waals surface area (Å²) in [6.07, 6.45) is 0. The van der Waals surface area contributed by atoms with E-state index in [0.717, 1.165) is 11.6 Å². The molecule has 0 unspecified atom stereocenters. The summed E-state index contributed by atoms with van der Waals surface area (Å²) >= 11 is 0. The second-order valence-corrected chi connectivity index (χ2v) is 6.38. The molecule has 9 heteroatoms. The molecule has 0 amide bonds. The van der Waals surface area contributed by atoms with Gasteiger partial charge in [-0.3, -0.25) is 10.1 Å². The average molecular weight is 413 g/mol. The van der Waals surface area contributed by atoms with Gasteiger partial charge in [0.05, 0.1) is 24.7 Å². The van der Waals surface area contributed by atoms with Gasteiger partial charge in [-0.1, -0.05) is 12.1 Å². The molecule has 156 valence electrons. The van der Waals surface area contributed by atoms with Gasteiger partial charge in [0.15, 0.2) is 11.5 Å². The number of nitro benzene ring substituents is 1. The Kier molecular flexibility index (Phi) is 6.01. The lowest BCUT2D eigenvalue weighted by Gasteiger charge is -2.12. The van der Waals surface area contributed by atoms with E-state index in [1.54, 1.807) is 19.1 Å². The molecule has 0 saturated heterocycles. The molecule has 30 heavy (non-hydrogen) atoms. The van der Waals surface area contributed by atoms with Gasteiger partial charge in [-0.15, -0.1) is 0 Å². The quantitative estimate of drug-likeness (QED) is 0.249. The van der Waals surface area contributed by atoms with Gasteiger partial charge in [-0.05, 0) is 25.5 Å². The molecule has 3 rings (SSSR count). The first-order valence-corrected chi connectivity index (χ1v) is 9.03. The van der Waals surface area contributed by atoms with Crippen LogP contribution in [0.5, 0.6) is 11.5 Å². The lowest BCUT2D eigenvalue weighted by Crippen LogP contribution is -2.11. The lowest BCUT2D eigenvalue weighted by atomic mass is 10.1. The predicted octanol–water partition coefficient (Wildman–Crippen LogP) is 3.77. The Labute approximate surface area is 170 Å². The van der Waals surface area contributed by atoms with Crippen molar-refractivity contribution in [2.75, 3.05) is 13.7 Å². The number of carbonyl (C=O) groups is 1. The summed E-state index contributed by atoms with van der Waals surface area (Å²) < 4.78 is 21.0. The normalized spacial score (nSPS) is 10.6. The van der Waals surface area contributed by atoms with Crippen LogP contribution in [0.2, 0.25) is 0 Å². The SMILES string of the molecule is CCOc1cc(C(=O)OCc2cc(=O)oc3cc(C)ccc23)c([N+](=O)[O-])cc1OC. The molecule has 1 heterocycles. The van der Waals surface area contributed by atoms with Crippen molar-refractivity contribution in [1.29, 1.82) is 0 Å². The van der Waals surface area contributed by atoms with Crippen molar-refractivity contribution in [3.05, 3.63) is 73.6 Å². The highest BCUT2D eigenvalue weighted by Gasteiger charge is 2.26. The summed E-state index contributed by atoms with van der Waals surface area (Å²) in [5.74, 6) is -0.625. The largest absolute Gasteiger partial charge is 0.493 e. The number of ether oxygens (including phenoxy) is 3. The average Bonchev–Trinajstić information content (AvgIpc) is 2.71. The van der Waals surface area contributed by atoms with Crippen molar-refractivity contribution in [3.63, 3.8) is 0 Å². The van der Waals surface area contributed by atoms with Gasteiger partial charge in [0, 0.05) is 23.1 Å². The molecule has 0 bridgehead atoms. The molecule has 0 atom stereocenters. The van der Waals surface area contributed by atoms with Gasteiger partial charge in [-0.2, -0.15) is 0 Å². The van der Waals surface area contributed by atoms with E-state index in [1.165, 1.54) is 19.2 Å². The van der Waals surface area contributed by atoms with E-state index in [-0.39, 0.29) is 30.3 Å². The first kappa shape index (κ1) is 20.8. The van der Waals surface area contributed by atoms with Gasteiger partial charge in [0.25, 0.3) is 5.69 Å². The standard InChI is InChI=1S/C21H19NO8/c1-4-28-19-9-15(16(22(25)26)10-18(19)27-3)21(24)29-11-13-8-20(23)30-17-7-12(2)5-6-14(13)17/h5-10H,4,11H2,1-3H3. The minimum absolute atomic E-state index is 0.127. The molecule has 0 saturated carbocycles. The molecule has 9 nitrogen and oxygen atoms in total. The van der Waals surface area contributed by atoms with Gasteiger partial charge < -0.3 is 18.6 Å². The Bertz CT molecular complexity index is 1180. The maximum absolute atomic E-state index is 12.6. The zero-order valence-electron chi connectivity index (χ0n) is 16.6. The maximum Gasteiger partial charge on any atom is 0.345 e. The molecule has 0 spiro atoms. The van der Waals surface area contributed by atoms with E-state index in [2.05, 4.69) is 0 Å². The summed E-state index contributed by atoms with van der Waals surface area (Å²) in [7, 11) is 1.34. The number of benzene rings is 2. The molecular weight excluding hydrogens is 394 g/mol. The third kappa shape index (κ3) is 4.24. The first-order valence-electron chi connectivity index (χ1n) is 9.03. The number of methoxy groups -OCH3 is 1. The second kappa shape index (κ2) is 8.64. The number of carbonyl (C=O) groups excluding carboxylic acids is 1. The predicted molar refractivity (Wildman–Crippen MR) is 107 cm³/mol. The van der Waals surface area contributed by atoms with E-state index in [1.807, 2.05) is 13.0 Å². The molecule has 0 N–H and O–H groups in total. The van der Waals surface area contributed by atoms with E-state index in [9.17, 15) is 19.7 Å². The topological polar surface area (TPSA) is 118 Å². The molecule has 3 aromatic rings. The van der Waals surface area contributed by atoms with Crippen LogP contribution in [0, 0.1) is 17.0 Å². The fourth-order valence-corrected chi connectivity index (χ4v) is 2.97. The zero-order valence-corrected chi connectivity index (χ0v) is 16.6. The van der Waals surface area contributed by atoms with Crippen LogP contribution < -0.4 is 15.1 Å². The summed E-state index contributed by atoms with van der Waals surface area (Å²) in [4.78, 5) is 35.2. The van der Waals surface area contributed by atoms with Crippen molar-refractivity contribution in [2.24, 2.45) is 0 Å². The van der Waals surface area contributed by atoms with Gasteiger partial charge >= 0.3 is 11.6 Å². The first-order chi connectivity index (χ1) is 14.3. The number of hydrogen-bond donors (Lipinski definition) is 0. The van der Waals surface area contributed by atoms with Crippen molar-refractivity contribution in [1.82, 2.24) is 0 Å². The Morgan fingerprint density at radius 3 is 2.60 bits per heavy atom. The second-order valence-electron chi connectivity index (χ2n) is 6.38. The third-order valence-corrected chi connectivity index (χ3v) is 4.34. The Hall–Kier alpha value is -3.88. The van der Waals surface area contributed by atoms with Gasteiger partial charge in [-0.25, -0.2) is 9.59 Å². The minimum atomic E-state index is -0.932. The number of hydrogen-bond acceptors (Lipinski definition) is 8. The summed E-state index contributed by atoms with van der Waals surface area (Å²) in [5, 5.41) is 12.0. The highest BCUT2D eigenvalue weighted by molar-refractivity contribution is 5.95. The van der Waals surface area contributed by atoms with Crippen LogP contribution >= 0.6 is 0 Å². The van der Waals surface area contributed by atoms with E-state index < -0.39 is 22.2 Å². The number of aryl methyl sites for hydroxylation is 1. The minimum Gasteiger partial charge on any atom is -0.493 e. The lowest BCUT2D eigenvalue weighted by molar-refractivity contribution is -0.385. The van der Waals surface area contributed by atoms with Crippen LogP contribution in [0.4, 0.5) is 5.69 Å². The Morgan fingerprint density at radius 2 is 1.93 bits per heavy atom. The summed E-state index contributed by atoms with van der Waals surface area (Å²) in [6.45, 7) is 3.59. The fourth-order valence-electron chi connectivity index (χ4n) is 2.97.